The Bertz CT molecular complexity index is 802. The fourth-order valence-corrected chi connectivity index (χ4v) is 3.91. The van der Waals surface area contributed by atoms with Gasteiger partial charge in [-0.2, -0.15) is 0 Å². The molecule has 27 heavy (non-hydrogen) atoms. The van der Waals surface area contributed by atoms with E-state index in [0.29, 0.717) is 0 Å². The van der Waals surface area contributed by atoms with Gasteiger partial charge in [-0.25, -0.2) is 0 Å². The van der Waals surface area contributed by atoms with Crippen molar-refractivity contribution in [2.45, 2.75) is 64.3 Å². The summed E-state index contributed by atoms with van der Waals surface area (Å²) in [4.78, 5) is 4.36. The third-order valence-corrected chi connectivity index (χ3v) is 5.51. The van der Waals surface area contributed by atoms with Crippen LogP contribution in [-0.4, -0.2) is 17.6 Å². The molecule has 0 fully saturated rings. The van der Waals surface area contributed by atoms with E-state index in [0.717, 1.165) is 42.8 Å². The number of rotatable bonds is 5. The standard InChI is InChI=1S/C24H32N2O/c1-18-22(27-5)21(13-16-25-18)26-24(14-7-6-8-15-24)17-19-9-11-20(12-10-19)23(2,3)4/h6-7,9-13,16H,8,14-15,17H2,1-5H3,(H,25,26). The van der Waals surface area contributed by atoms with E-state index in [1.165, 1.54) is 11.1 Å². The third-order valence-electron chi connectivity index (χ3n) is 5.51. The van der Waals surface area contributed by atoms with E-state index in [1.807, 2.05) is 19.2 Å². The molecule has 0 aliphatic heterocycles. The van der Waals surface area contributed by atoms with Gasteiger partial charge in [-0.3, -0.25) is 4.98 Å². The highest BCUT2D eigenvalue weighted by Gasteiger charge is 2.31. The molecule has 0 spiro atoms. The van der Waals surface area contributed by atoms with Crippen LogP contribution in [0.25, 0.3) is 0 Å². The minimum absolute atomic E-state index is 0.000920. The molecule has 144 valence electrons. The van der Waals surface area contributed by atoms with Gasteiger partial charge in [0.1, 0.15) is 0 Å². The first-order valence-electron chi connectivity index (χ1n) is 9.85. The van der Waals surface area contributed by atoms with Crippen LogP contribution in [0.4, 0.5) is 5.69 Å². The summed E-state index contributed by atoms with van der Waals surface area (Å²) in [6.07, 6.45) is 10.7. The number of allylic oxidation sites excluding steroid dienone is 1. The van der Waals surface area contributed by atoms with Crippen LogP contribution >= 0.6 is 0 Å². The number of nitrogens with one attached hydrogen (secondary N) is 1. The maximum absolute atomic E-state index is 5.62. The summed E-state index contributed by atoms with van der Waals surface area (Å²) in [5.74, 6) is 0.842. The Morgan fingerprint density at radius 1 is 1.11 bits per heavy atom. The molecule has 3 heteroatoms. The number of aromatic nitrogens is 1. The SMILES string of the molecule is COc1c(NC2(Cc3ccc(C(C)(C)C)cc3)CC=CCC2)ccnc1C. The molecule has 1 aromatic heterocycles. The number of benzene rings is 1. The Morgan fingerprint density at radius 3 is 2.44 bits per heavy atom. The lowest BCUT2D eigenvalue weighted by Gasteiger charge is -2.38. The van der Waals surface area contributed by atoms with Gasteiger partial charge in [0, 0.05) is 11.7 Å². The number of anilines is 1. The largest absolute Gasteiger partial charge is 0.493 e. The van der Waals surface area contributed by atoms with E-state index in [1.54, 1.807) is 7.11 Å². The highest BCUT2D eigenvalue weighted by Crippen LogP contribution is 2.36. The summed E-state index contributed by atoms with van der Waals surface area (Å²) in [5.41, 5.74) is 4.88. The Morgan fingerprint density at radius 2 is 1.85 bits per heavy atom. The topological polar surface area (TPSA) is 34.1 Å². The molecule has 1 N–H and O–H groups in total. The van der Waals surface area contributed by atoms with E-state index in [-0.39, 0.29) is 11.0 Å². The monoisotopic (exact) mass is 364 g/mol. The van der Waals surface area contributed by atoms with Crippen molar-refractivity contribution >= 4 is 5.69 Å². The first-order chi connectivity index (χ1) is 12.8. The Labute approximate surface area is 163 Å². The summed E-state index contributed by atoms with van der Waals surface area (Å²) in [5, 5.41) is 3.83. The van der Waals surface area contributed by atoms with Crippen molar-refractivity contribution in [1.29, 1.82) is 0 Å². The number of nitrogens with zero attached hydrogens (tertiary/aromatic N) is 1. The average Bonchev–Trinajstić information content (AvgIpc) is 2.62. The van der Waals surface area contributed by atoms with Crippen molar-refractivity contribution in [3.8, 4) is 5.75 Å². The molecular formula is C24H32N2O. The van der Waals surface area contributed by atoms with Gasteiger partial charge in [0.2, 0.25) is 0 Å². The van der Waals surface area contributed by atoms with Crippen molar-refractivity contribution < 1.29 is 4.74 Å². The number of hydrogen-bond acceptors (Lipinski definition) is 3. The van der Waals surface area contributed by atoms with Crippen LogP contribution in [0.15, 0.2) is 48.7 Å². The van der Waals surface area contributed by atoms with Gasteiger partial charge in [0.15, 0.2) is 5.75 Å². The molecule has 0 saturated carbocycles. The van der Waals surface area contributed by atoms with Crippen LogP contribution in [0.5, 0.6) is 5.75 Å². The smallest absolute Gasteiger partial charge is 0.163 e. The number of methoxy groups -OCH3 is 1. The highest BCUT2D eigenvalue weighted by atomic mass is 16.5. The van der Waals surface area contributed by atoms with Gasteiger partial charge in [-0.1, -0.05) is 57.2 Å². The average molecular weight is 365 g/mol. The molecule has 3 nitrogen and oxygen atoms in total. The molecule has 1 unspecified atom stereocenters. The lowest BCUT2D eigenvalue weighted by Crippen LogP contribution is -2.41. The Kier molecular flexibility index (Phi) is 5.59. The number of aryl methyl sites for hydroxylation is 1. The normalized spacial score (nSPS) is 19.7. The summed E-state index contributed by atoms with van der Waals surface area (Å²) in [6, 6.07) is 11.2. The van der Waals surface area contributed by atoms with E-state index in [2.05, 4.69) is 67.5 Å². The van der Waals surface area contributed by atoms with Crippen LogP contribution in [0.2, 0.25) is 0 Å². The fourth-order valence-electron chi connectivity index (χ4n) is 3.91. The first-order valence-corrected chi connectivity index (χ1v) is 9.85. The summed E-state index contributed by atoms with van der Waals surface area (Å²) >= 11 is 0. The molecule has 0 radical (unpaired) electrons. The first kappa shape index (κ1) is 19.5. The number of ether oxygens (including phenoxy) is 1. The number of hydrogen-bond donors (Lipinski definition) is 1. The van der Waals surface area contributed by atoms with Crippen molar-refractivity contribution in [1.82, 2.24) is 4.98 Å². The molecule has 0 bridgehead atoms. The predicted molar refractivity (Wildman–Crippen MR) is 114 cm³/mol. The molecule has 0 amide bonds. The summed E-state index contributed by atoms with van der Waals surface area (Å²) in [6.45, 7) is 8.77. The molecule has 1 aromatic carbocycles. The van der Waals surface area contributed by atoms with E-state index in [4.69, 9.17) is 4.74 Å². The number of pyridine rings is 1. The van der Waals surface area contributed by atoms with Crippen LogP contribution in [0.1, 0.15) is 56.9 Å². The zero-order valence-electron chi connectivity index (χ0n) is 17.3. The van der Waals surface area contributed by atoms with Crippen molar-refractivity contribution in [2.24, 2.45) is 0 Å². The second kappa shape index (κ2) is 7.75. The summed E-state index contributed by atoms with van der Waals surface area (Å²) < 4.78 is 5.62. The van der Waals surface area contributed by atoms with Gasteiger partial charge >= 0.3 is 0 Å². The molecule has 1 aliphatic carbocycles. The van der Waals surface area contributed by atoms with Crippen molar-refractivity contribution in [3.05, 3.63) is 65.5 Å². The Balaban J connectivity index is 1.88. The molecule has 1 heterocycles. The van der Waals surface area contributed by atoms with Crippen LogP contribution in [0, 0.1) is 6.92 Å². The van der Waals surface area contributed by atoms with Crippen LogP contribution < -0.4 is 10.1 Å². The lowest BCUT2D eigenvalue weighted by molar-refractivity contribution is 0.397. The van der Waals surface area contributed by atoms with Crippen molar-refractivity contribution in [2.75, 3.05) is 12.4 Å². The highest BCUT2D eigenvalue weighted by molar-refractivity contribution is 5.59. The second-order valence-corrected chi connectivity index (χ2v) is 8.72. The van der Waals surface area contributed by atoms with Gasteiger partial charge in [-0.15, -0.1) is 0 Å². The molecular weight excluding hydrogens is 332 g/mol. The minimum atomic E-state index is -0.000920. The quantitative estimate of drug-likeness (QED) is 0.678. The zero-order chi connectivity index (χ0) is 19.5. The molecule has 0 saturated heterocycles. The maximum atomic E-state index is 5.62. The van der Waals surface area contributed by atoms with Crippen LogP contribution in [0.3, 0.4) is 0 Å². The van der Waals surface area contributed by atoms with E-state index in [9.17, 15) is 0 Å². The van der Waals surface area contributed by atoms with Gasteiger partial charge in [0.25, 0.3) is 0 Å². The van der Waals surface area contributed by atoms with Crippen molar-refractivity contribution in [3.63, 3.8) is 0 Å². The lowest BCUT2D eigenvalue weighted by atomic mass is 9.79. The molecule has 1 atom stereocenters. The molecule has 2 aromatic rings. The van der Waals surface area contributed by atoms with Crippen LogP contribution in [-0.2, 0) is 11.8 Å². The second-order valence-electron chi connectivity index (χ2n) is 8.72. The van der Waals surface area contributed by atoms with Gasteiger partial charge in [-0.05, 0) is 55.2 Å². The fraction of sp³-hybridized carbons (Fsp3) is 0.458. The third kappa shape index (κ3) is 4.52. The zero-order valence-corrected chi connectivity index (χ0v) is 17.3. The van der Waals surface area contributed by atoms with E-state index < -0.39 is 0 Å². The molecule has 3 rings (SSSR count). The van der Waals surface area contributed by atoms with E-state index >= 15 is 0 Å². The molecule has 1 aliphatic rings. The van der Waals surface area contributed by atoms with Gasteiger partial charge in [0.05, 0.1) is 18.5 Å². The summed E-state index contributed by atoms with van der Waals surface area (Å²) in [7, 11) is 1.72. The minimum Gasteiger partial charge on any atom is -0.493 e. The Hall–Kier alpha value is -2.29. The maximum Gasteiger partial charge on any atom is 0.163 e. The van der Waals surface area contributed by atoms with Gasteiger partial charge < -0.3 is 10.1 Å². The predicted octanol–water partition coefficient (Wildman–Crippen LogP) is 5.83.